The predicted octanol–water partition coefficient (Wildman–Crippen LogP) is 11.8. The fourth-order valence-electron chi connectivity index (χ4n) is 6.20. The zero-order valence-corrected chi connectivity index (χ0v) is 31.2. The molecule has 0 aliphatic carbocycles. The first kappa shape index (κ1) is 33.7. The summed E-state index contributed by atoms with van der Waals surface area (Å²) in [6, 6.07) is 44.3. The molecule has 0 fully saturated rings. The molecule has 0 spiro atoms. The van der Waals surface area contributed by atoms with Crippen LogP contribution in [-0.4, -0.2) is 4.98 Å². The van der Waals surface area contributed by atoms with Crippen molar-refractivity contribution in [1.29, 1.82) is 0 Å². The Morgan fingerprint density at radius 2 is 1.25 bits per heavy atom. The Balaban J connectivity index is 0.00000401. The first-order chi connectivity index (χ1) is 22.3. The van der Waals surface area contributed by atoms with Gasteiger partial charge in [-0.1, -0.05) is 126 Å². The maximum Gasteiger partial charge on any atom is 3.00 e. The Morgan fingerprint density at radius 1 is 0.583 bits per heavy atom. The van der Waals surface area contributed by atoms with Gasteiger partial charge in [-0.3, -0.25) is 4.98 Å². The second kappa shape index (κ2) is 12.7. The van der Waals surface area contributed by atoms with Crippen molar-refractivity contribution in [2.45, 2.75) is 66.2 Å². The van der Waals surface area contributed by atoms with Gasteiger partial charge in [0.25, 0.3) is 0 Å². The number of hydrogen-bond acceptors (Lipinski definition) is 1. The molecule has 0 amide bonds. The topological polar surface area (TPSA) is 27.0 Å². The molecule has 0 saturated heterocycles. The van der Waals surface area contributed by atoms with Gasteiger partial charge in [0.05, 0.1) is 5.69 Å². The molecule has 242 valence electrons. The van der Waals surface area contributed by atoms with Gasteiger partial charge in [0.1, 0.15) is 0 Å². The molecule has 0 bridgehead atoms. The predicted molar refractivity (Wildman–Crippen MR) is 199 cm³/mol. The molecular weight excluding hydrogens is 765 g/mol. The molecule has 5 aromatic carbocycles. The molecule has 2 aromatic heterocycles. The minimum Gasteiger partial charge on any atom is -0.656 e. The van der Waals surface area contributed by atoms with Crippen LogP contribution < -0.4 is 4.98 Å². The molecule has 0 radical (unpaired) electrons. The summed E-state index contributed by atoms with van der Waals surface area (Å²) < 4.78 is 0. The third-order valence-corrected chi connectivity index (χ3v) is 9.17. The summed E-state index contributed by atoms with van der Waals surface area (Å²) in [5, 5.41) is 2.39. The summed E-state index contributed by atoms with van der Waals surface area (Å²) in [5.41, 5.74) is 15.2. The molecule has 0 atom stereocenters. The van der Waals surface area contributed by atoms with Crippen LogP contribution in [0.25, 0.3) is 66.6 Å². The Kier molecular flexibility index (Phi) is 8.89. The number of fused-ring (bicyclic) bond motifs is 3. The second-order valence-electron chi connectivity index (χ2n) is 15.0. The van der Waals surface area contributed by atoms with Crippen molar-refractivity contribution in [3.63, 3.8) is 0 Å². The van der Waals surface area contributed by atoms with E-state index in [4.69, 9.17) is 9.97 Å². The van der Waals surface area contributed by atoms with Crippen LogP contribution in [0.1, 0.15) is 63.8 Å². The van der Waals surface area contributed by atoms with Crippen LogP contribution in [0.2, 0.25) is 0 Å². The van der Waals surface area contributed by atoms with E-state index in [1.807, 2.05) is 6.07 Å². The number of benzene rings is 5. The molecule has 0 N–H and O–H groups in total. The van der Waals surface area contributed by atoms with E-state index in [0.29, 0.717) is 0 Å². The molecule has 7 aromatic rings. The Labute approximate surface area is 301 Å². The largest absolute Gasteiger partial charge is 3.00 e. The first-order valence-electron chi connectivity index (χ1n) is 16.5. The van der Waals surface area contributed by atoms with Gasteiger partial charge in [-0.15, -0.1) is 34.3 Å². The van der Waals surface area contributed by atoms with Crippen LogP contribution in [0.5, 0.6) is 0 Å². The van der Waals surface area contributed by atoms with E-state index in [2.05, 4.69) is 165 Å². The van der Waals surface area contributed by atoms with Gasteiger partial charge >= 0.3 is 22.4 Å². The third kappa shape index (κ3) is 6.58. The molecule has 2 heterocycles. The minimum absolute atomic E-state index is 0. The van der Waals surface area contributed by atoms with Crippen molar-refractivity contribution >= 4 is 21.8 Å². The average molecular weight is 807 g/mol. The number of pyridine rings is 1. The summed E-state index contributed by atoms with van der Waals surface area (Å²) in [4.78, 5) is 10.5. The molecular formula is C45H41AuN2. The number of aromatic nitrogens is 2. The molecule has 0 aliphatic rings. The smallest absolute Gasteiger partial charge is 0.656 e. The second-order valence-corrected chi connectivity index (χ2v) is 15.0. The maximum atomic E-state index is 5.33. The van der Waals surface area contributed by atoms with E-state index in [0.717, 1.165) is 55.8 Å². The summed E-state index contributed by atoms with van der Waals surface area (Å²) in [5.74, 6) is 0. The van der Waals surface area contributed by atoms with E-state index < -0.39 is 0 Å². The maximum absolute atomic E-state index is 5.33. The Hall–Kier alpha value is -4.21. The van der Waals surface area contributed by atoms with Crippen LogP contribution in [0.3, 0.4) is 0 Å². The summed E-state index contributed by atoms with van der Waals surface area (Å²) in [7, 11) is 0. The van der Waals surface area contributed by atoms with Gasteiger partial charge in [0.15, 0.2) is 0 Å². The monoisotopic (exact) mass is 806 g/mol. The fraction of sp³-hybridized carbons (Fsp3) is 0.222. The third-order valence-electron chi connectivity index (χ3n) is 9.17. The molecule has 0 saturated carbocycles. The Bertz CT molecular complexity index is 2190. The number of aryl methyl sites for hydroxylation is 2. The fourth-order valence-corrected chi connectivity index (χ4v) is 6.20. The summed E-state index contributed by atoms with van der Waals surface area (Å²) >= 11 is 0. The Morgan fingerprint density at radius 3 is 1.94 bits per heavy atom. The van der Waals surface area contributed by atoms with Crippen molar-refractivity contribution in [2.24, 2.45) is 0 Å². The summed E-state index contributed by atoms with van der Waals surface area (Å²) in [6.07, 6.45) is 0. The molecule has 3 heteroatoms. The SMILES string of the molecule is Cc1c[c-]c(-c2[c-]c(-c3cccc(-c4cc(C(C)(C)C)cc5c4[n-]c4ccc(C(C)(C)C)cc45)n3)cc(-c3ccc(C)cc3)c2)cc1.[Au+3]. The minimum atomic E-state index is -0.0403. The number of nitrogens with zero attached hydrogens (tertiary/aromatic N) is 2. The quantitative estimate of drug-likeness (QED) is 0.131. The van der Waals surface area contributed by atoms with Gasteiger partial charge in [-0.05, 0) is 56.8 Å². The van der Waals surface area contributed by atoms with Crippen LogP contribution in [-0.2, 0) is 33.2 Å². The van der Waals surface area contributed by atoms with Gasteiger partial charge in [-0.2, -0.15) is 35.9 Å². The van der Waals surface area contributed by atoms with Crippen molar-refractivity contribution in [1.82, 2.24) is 9.97 Å². The molecule has 0 unspecified atom stereocenters. The van der Waals surface area contributed by atoms with Crippen LogP contribution in [0.4, 0.5) is 0 Å². The van der Waals surface area contributed by atoms with Crippen molar-refractivity contribution in [3.05, 3.63) is 138 Å². The van der Waals surface area contributed by atoms with Gasteiger partial charge < -0.3 is 4.98 Å². The van der Waals surface area contributed by atoms with Crippen LogP contribution >= 0.6 is 0 Å². The molecule has 7 rings (SSSR count). The van der Waals surface area contributed by atoms with Crippen molar-refractivity contribution < 1.29 is 22.4 Å². The number of hydrogen-bond donors (Lipinski definition) is 0. The van der Waals surface area contributed by atoms with E-state index in [9.17, 15) is 0 Å². The van der Waals surface area contributed by atoms with Gasteiger partial charge in [0.2, 0.25) is 0 Å². The average Bonchev–Trinajstić information content (AvgIpc) is 3.42. The van der Waals surface area contributed by atoms with E-state index >= 15 is 0 Å². The molecule has 0 aliphatic heterocycles. The van der Waals surface area contributed by atoms with Crippen LogP contribution in [0.15, 0.2) is 103 Å². The first-order valence-corrected chi connectivity index (χ1v) is 16.5. The standard InChI is InChI=1S/C45H41N2.Au/c1-28-12-16-30(17-13-28)32-22-33(31-18-14-29(2)15-19-31)24-34(23-32)40-10-9-11-41(46-40)39-27-36(45(6,7)8)26-38-37-25-35(44(3,4)5)20-21-42(37)47-43(38)39;/h9-18,20-23,25-27H,1-8H3;/q-3;+3. The zero-order valence-electron chi connectivity index (χ0n) is 29.0. The van der Waals surface area contributed by atoms with Gasteiger partial charge in [-0.25, -0.2) is 5.56 Å². The number of rotatable bonds is 4. The van der Waals surface area contributed by atoms with Crippen LogP contribution in [0, 0.1) is 26.0 Å². The zero-order chi connectivity index (χ0) is 33.1. The normalized spacial score (nSPS) is 12.0. The summed E-state index contributed by atoms with van der Waals surface area (Å²) in [6.45, 7) is 17.8. The van der Waals surface area contributed by atoms with Gasteiger partial charge in [0, 0.05) is 5.69 Å². The van der Waals surface area contributed by atoms with E-state index in [-0.39, 0.29) is 33.2 Å². The molecule has 2 nitrogen and oxygen atoms in total. The molecule has 48 heavy (non-hydrogen) atoms. The van der Waals surface area contributed by atoms with E-state index in [1.54, 1.807) is 0 Å². The van der Waals surface area contributed by atoms with E-state index in [1.165, 1.54) is 33.0 Å². The van der Waals surface area contributed by atoms with Crippen molar-refractivity contribution in [3.8, 4) is 44.8 Å². The van der Waals surface area contributed by atoms with Crippen molar-refractivity contribution in [2.75, 3.05) is 0 Å².